The number of hydrogen-bond donors (Lipinski definition) is 1. The van der Waals surface area contributed by atoms with Gasteiger partial charge in [0.25, 0.3) is 0 Å². The first-order valence-electron chi connectivity index (χ1n) is 5.77. The highest BCUT2D eigenvalue weighted by Crippen LogP contribution is 2.32. The Kier molecular flexibility index (Phi) is 2.75. The van der Waals surface area contributed by atoms with Gasteiger partial charge in [-0.05, 0) is 24.3 Å². The van der Waals surface area contributed by atoms with E-state index in [1.54, 1.807) is 0 Å². The fourth-order valence-corrected chi connectivity index (χ4v) is 2.11. The maximum absolute atomic E-state index is 13.9. The lowest BCUT2D eigenvalue weighted by molar-refractivity contribution is 0.473. The Morgan fingerprint density at radius 2 is 1.70 bits per heavy atom. The summed E-state index contributed by atoms with van der Waals surface area (Å²) >= 11 is 0. The summed E-state index contributed by atoms with van der Waals surface area (Å²) in [4.78, 5) is 11.5. The highest BCUT2D eigenvalue weighted by Gasteiger charge is 2.16. The fraction of sp³-hybridized carbons (Fsp3) is 0. The normalized spacial score (nSPS) is 10.9. The van der Waals surface area contributed by atoms with Crippen LogP contribution < -0.4 is 5.63 Å². The molecule has 100 valence electrons. The predicted octanol–water partition coefficient (Wildman–Crippen LogP) is 3.44. The number of aromatic hydroxyl groups is 1. The van der Waals surface area contributed by atoms with Gasteiger partial charge >= 0.3 is 5.63 Å². The molecule has 0 bridgehead atoms. The SMILES string of the molecule is O=c1cc(-c2c(F)cccc2F)c2ccc(O)cc2o1. The van der Waals surface area contributed by atoms with Crippen LogP contribution in [0, 0.1) is 11.6 Å². The lowest BCUT2D eigenvalue weighted by Gasteiger charge is -2.08. The van der Waals surface area contributed by atoms with E-state index in [1.807, 2.05) is 0 Å². The molecular weight excluding hydrogens is 266 g/mol. The largest absolute Gasteiger partial charge is 0.508 e. The molecule has 1 N–H and O–H groups in total. The zero-order chi connectivity index (χ0) is 14.3. The van der Waals surface area contributed by atoms with Gasteiger partial charge in [-0.25, -0.2) is 13.6 Å². The lowest BCUT2D eigenvalue weighted by atomic mass is 10.0. The van der Waals surface area contributed by atoms with Crippen molar-refractivity contribution in [3.05, 3.63) is 64.5 Å². The van der Waals surface area contributed by atoms with Crippen molar-refractivity contribution in [1.29, 1.82) is 0 Å². The van der Waals surface area contributed by atoms with Gasteiger partial charge in [-0.3, -0.25) is 0 Å². The van der Waals surface area contributed by atoms with Crippen LogP contribution in [-0.2, 0) is 0 Å². The quantitative estimate of drug-likeness (QED) is 0.691. The second-order valence-corrected chi connectivity index (χ2v) is 4.26. The van der Waals surface area contributed by atoms with Gasteiger partial charge in [-0.1, -0.05) is 6.07 Å². The molecule has 0 saturated heterocycles. The van der Waals surface area contributed by atoms with Gasteiger partial charge in [-0.2, -0.15) is 0 Å². The minimum Gasteiger partial charge on any atom is -0.508 e. The number of benzene rings is 2. The second kappa shape index (κ2) is 4.45. The van der Waals surface area contributed by atoms with Gasteiger partial charge in [0.05, 0.1) is 5.56 Å². The Morgan fingerprint density at radius 1 is 1.00 bits per heavy atom. The average molecular weight is 274 g/mol. The van der Waals surface area contributed by atoms with Crippen LogP contribution >= 0.6 is 0 Å². The smallest absolute Gasteiger partial charge is 0.336 e. The van der Waals surface area contributed by atoms with Crippen LogP contribution in [0.1, 0.15) is 0 Å². The molecule has 20 heavy (non-hydrogen) atoms. The van der Waals surface area contributed by atoms with Gasteiger partial charge in [0.1, 0.15) is 23.0 Å². The number of phenolic OH excluding ortho intramolecular Hbond substituents is 1. The minimum atomic E-state index is -0.773. The molecule has 0 aliphatic carbocycles. The van der Waals surface area contributed by atoms with E-state index < -0.39 is 17.3 Å². The van der Waals surface area contributed by atoms with Crippen LogP contribution in [0.15, 0.2) is 51.7 Å². The summed E-state index contributed by atoms with van der Waals surface area (Å²) in [6.45, 7) is 0. The molecule has 0 spiro atoms. The van der Waals surface area contributed by atoms with E-state index in [0.717, 1.165) is 18.2 Å². The molecule has 2 aromatic carbocycles. The molecule has 3 aromatic rings. The Hall–Kier alpha value is -2.69. The Morgan fingerprint density at radius 3 is 2.40 bits per heavy atom. The van der Waals surface area contributed by atoms with Gasteiger partial charge in [-0.15, -0.1) is 0 Å². The average Bonchev–Trinajstić information content (AvgIpc) is 2.37. The van der Waals surface area contributed by atoms with Gasteiger partial charge in [0.15, 0.2) is 0 Å². The fourth-order valence-electron chi connectivity index (χ4n) is 2.11. The highest BCUT2D eigenvalue weighted by molar-refractivity contribution is 5.94. The Balaban J connectivity index is 2.45. The molecule has 0 saturated carbocycles. The molecule has 3 nitrogen and oxygen atoms in total. The van der Waals surface area contributed by atoms with Crippen molar-refractivity contribution in [2.24, 2.45) is 0 Å². The summed E-state index contributed by atoms with van der Waals surface area (Å²) in [5.41, 5.74) is -0.890. The summed E-state index contributed by atoms with van der Waals surface area (Å²) in [5, 5.41) is 9.72. The number of phenols is 1. The van der Waals surface area contributed by atoms with Crippen LogP contribution in [0.5, 0.6) is 5.75 Å². The van der Waals surface area contributed by atoms with E-state index in [2.05, 4.69) is 0 Å². The Labute approximate surface area is 111 Å². The third-order valence-electron chi connectivity index (χ3n) is 2.96. The molecule has 5 heteroatoms. The number of hydrogen-bond acceptors (Lipinski definition) is 3. The molecule has 1 aromatic heterocycles. The van der Waals surface area contributed by atoms with Crippen LogP contribution in [0.4, 0.5) is 8.78 Å². The van der Waals surface area contributed by atoms with Crippen molar-refractivity contribution < 1.29 is 18.3 Å². The predicted molar refractivity (Wildman–Crippen MR) is 69.5 cm³/mol. The molecule has 1 heterocycles. The molecule has 0 unspecified atom stereocenters. The van der Waals surface area contributed by atoms with E-state index >= 15 is 0 Å². The standard InChI is InChI=1S/C15H8F2O3/c16-11-2-1-3-12(17)15(11)10-7-14(19)20-13-6-8(18)4-5-9(10)13/h1-7,18H. The van der Waals surface area contributed by atoms with E-state index in [1.165, 1.54) is 24.3 Å². The molecule has 0 radical (unpaired) electrons. The van der Waals surface area contributed by atoms with Crippen molar-refractivity contribution in [2.45, 2.75) is 0 Å². The van der Waals surface area contributed by atoms with E-state index in [-0.39, 0.29) is 22.5 Å². The summed E-state index contributed by atoms with van der Waals surface area (Å²) in [6.07, 6.45) is 0. The van der Waals surface area contributed by atoms with Crippen LogP contribution in [0.25, 0.3) is 22.1 Å². The van der Waals surface area contributed by atoms with Gasteiger partial charge in [0, 0.05) is 23.1 Å². The van der Waals surface area contributed by atoms with Crippen molar-refractivity contribution in [3.8, 4) is 16.9 Å². The zero-order valence-electron chi connectivity index (χ0n) is 10.1. The summed E-state index contributed by atoms with van der Waals surface area (Å²) in [5.74, 6) is -1.65. The van der Waals surface area contributed by atoms with Crippen molar-refractivity contribution in [2.75, 3.05) is 0 Å². The first-order valence-corrected chi connectivity index (χ1v) is 5.77. The number of halogens is 2. The molecule has 0 amide bonds. The maximum Gasteiger partial charge on any atom is 0.336 e. The van der Waals surface area contributed by atoms with Crippen molar-refractivity contribution >= 4 is 11.0 Å². The van der Waals surface area contributed by atoms with Crippen molar-refractivity contribution in [1.82, 2.24) is 0 Å². The minimum absolute atomic E-state index is 0.0650. The van der Waals surface area contributed by atoms with Crippen LogP contribution in [0.3, 0.4) is 0 Å². The van der Waals surface area contributed by atoms with Crippen LogP contribution in [-0.4, -0.2) is 5.11 Å². The van der Waals surface area contributed by atoms with Crippen LogP contribution in [0.2, 0.25) is 0 Å². The first-order chi connectivity index (χ1) is 9.56. The lowest BCUT2D eigenvalue weighted by Crippen LogP contribution is -2.00. The molecule has 0 fully saturated rings. The first kappa shape index (κ1) is 12.3. The number of fused-ring (bicyclic) bond motifs is 1. The maximum atomic E-state index is 13.9. The highest BCUT2D eigenvalue weighted by atomic mass is 19.1. The van der Waals surface area contributed by atoms with Gasteiger partial charge < -0.3 is 9.52 Å². The Bertz CT molecular complexity index is 848. The summed E-state index contributed by atoms with van der Waals surface area (Å²) in [7, 11) is 0. The molecule has 0 aliphatic rings. The zero-order valence-corrected chi connectivity index (χ0v) is 10.1. The summed E-state index contributed by atoms with van der Waals surface area (Å²) in [6, 6.07) is 8.51. The molecule has 3 rings (SSSR count). The van der Waals surface area contributed by atoms with E-state index in [4.69, 9.17) is 4.42 Å². The molecular formula is C15H8F2O3. The molecule has 0 atom stereocenters. The summed E-state index contributed by atoms with van der Waals surface area (Å²) < 4.78 is 32.6. The van der Waals surface area contributed by atoms with E-state index in [0.29, 0.717) is 5.39 Å². The monoisotopic (exact) mass is 274 g/mol. The second-order valence-electron chi connectivity index (χ2n) is 4.26. The molecule has 0 aliphatic heterocycles. The van der Waals surface area contributed by atoms with Gasteiger partial charge in [0.2, 0.25) is 0 Å². The van der Waals surface area contributed by atoms with Crippen molar-refractivity contribution in [3.63, 3.8) is 0 Å². The third kappa shape index (κ3) is 1.93. The van der Waals surface area contributed by atoms with E-state index in [9.17, 15) is 18.7 Å². The number of rotatable bonds is 1. The third-order valence-corrected chi connectivity index (χ3v) is 2.96. The topological polar surface area (TPSA) is 50.4 Å².